The Morgan fingerprint density at radius 3 is 2.29 bits per heavy atom. The number of allylic oxidation sites excluding steroid dienone is 1. The molecule has 0 spiro atoms. The molecule has 2 heterocycles. The van der Waals surface area contributed by atoms with Crippen LogP contribution in [-0.2, 0) is 26.2 Å². The molecule has 0 saturated heterocycles. The monoisotopic (exact) mass is 606 g/mol. The largest absolute Gasteiger partial charge is 4.00 e. The maximum Gasteiger partial charge on any atom is 4.00 e. The minimum atomic E-state index is 0. The molecule has 170 valence electrons. The molecule has 0 radical (unpaired) electrons. The molecule has 4 bridgehead atoms. The molecule has 1 aliphatic rings. The second kappa shape index (κ2) is 12.0. The molecule has 2 aromatic heterocycles. The number of fused-ring (bicyclic) bond motifs is 3. The van der Waals surface area contributed by atoms with Crippen LogP contribution in [-0.4, -0.2) is 0 Å². The van der Waals surface area contributed by atoms with Crippen molar-refractivity contribution in [3.8, 4) is 0 Å². The summed E-state index contributed by atoms with van der Waals surface area (Å²) in [7, 11) is 0. The fourth-order valence-corrected chi connectivity index (χ4v) is 5.70. The quantitative estimate of drug-likeness (QED) is 0.252. The average molecular weight is 609 g/mol. The SMILES string of the molecule is Clc1cccc2c1C(c1ccccc1)[C-]=C2.[Cl-].[Cl-].[Zr+4].c1cc2[cH-]c3cc2c(c1)sc1ccc3cc1. The predicted octanol–water partition coefficient (Wildman–Crippen LogP) is 3.23. The van der Waals surface area contributed by atoms with Crippen LogP contribution in [0.5, 0.6) is 0 Å². The summed E-state index contributed by atoms with van der Waals surface area (Å²) in [6, 6.07) is 36.3. The smallest absolute Gasteiger partial charge is 1.00 e. The van der Waals surface area contributed by atoms with Crippen LogP contribution >= 0.6 is 22.9 Å². The molecular weight excluding hydrogens is 590 g/mol. The van der Waals surface area contributed by atoms with Crippen LogP contribution in [0, 0.1) is 6.08 Å². The fourth-order valence-electron chi connectivity index (χ4n) is 4.45. The van der Waals surface area contributed by atoms with Crippen molar-refractivity contribution in [2.45, 2.75) is 5.92 Å². The van der Waals surface area contributed by atoms with Gasteiger partial charge < -0.3 is 24.8 Å². The van der Waals surface area contributed by atoms with Crippen LogP contribution in [0.1, 0.15) is 22.6 Å². The molecule has 0 N–H and O–H groups in total. The first kappa shape index (κ1) is 27.8. The average Bonchev–Trinajstić information content (AvgIpc) is 3.48. The van der Waals surface area contributed by atoms with Gasteiger partial charge >= 0.3 is 26.2 Å². The van der Waals surface area contributed by atoms with Crippen LogP contribution in [0.4, 0.5) is 0 Å². The van der Waals surface area contributed by atoms with Crippen LogP contribution in [0.25, 0.3) is 37.0 Å². The van der Waals surface area contributed by atoms with Gasteiger partial charge in [-0.15, -0.1) is 51.9 Å². The Kier molecular flexibility index (Phi) is 9.49. The van der Waals surface area contributed by atoms with E-state index >= 15 is 0 Å². The van der Waals surface area contributed by atoms with Gasteiger partial charge in [-0.25, -0.2) is 6.08 Å². The van der Waals surface area contributed by atoms with Gasteiger partial charge in [-0.2, -0.15) is 5.56 Å². The molecule has 5 heteroatoms. The molecule has 0 amide bonds. The van der Waals surface area contributed by atoms with E-state index in [2.05, 4.69) is 78.9 Å². The zero-order valence-corrected chi connectivity index (χ0v) is 24.1. The standard InChI is InChI=1S/C15H10Cl.C15H9S.2ClH.Zr/c16-14-8-4-7-12-9-10-13(15(12)14)11-5-2-1-3-6-11;1-2-11-8-12-9-14(11)15(3-1)16-13-6-4-10(12)5-7-13;;;/h1-9,13H;1-9H;2*1H;/q2*-1;;;+4/p-2. The van der Waals surface area contributed by atoms with Crippen LogP contribution < -0.4 is 24.8 Å². The molecule has 35 heavy (non-hydrogen) atoms. The van der Waals surface area contributed by atoms with Crippen LogP contribution in [0.15, 0.2) is 103 Å². The van der Waals surface area contributed by atoms with E-state index in [-0.39, 0.29) is 56.9 Å². The summed E-state index contributed by atoms with van der Waals surface area (Å²) in [6.45, 7) is 0. The van der Waals surface area contributed by atoms with E-state index in [1.807, 2.05) is 47.7 Å². The van der Waals surface area contributed by atoms with Gasteiger partial charge in [0.2, 0.25) is 0 Å². The third-order valence-corrected chi connectivity index (χ3v) is 7.45. The number of halogens is 3. The summed E-state index contributed by atoms with van der Waals surface area (Å²) >= 11 is 8.10. The first-order chi connectivity index (χ1) is 15.8. The first-order valence-electron chi connectivity index (χ1n) is 10.7. The Morgan fingerprint density at radius 2 is 1.51 bits per heavy atom. The van der Waals surface area contributed by atoms with Gasteiger partial charge in [0.05, 0.1) is 0 Å². The second-order valence-electron chi connectivity index (χ2n) is 8.03. The Morgan fingerprint density at radius 1 is 0.771 bits per heavy atom. The number of hydrogen-bond donors (Lipinski definition) is 0. The van der Waals surface area contributed by atoms with Gasteiger partial charge in [0, 0.05) is 9.72 Å². The fraction of sp³-hybridized carbons (Fsp3) is 0.0333. The Bertz CT molecular complexity index is 1580. The van der Waals surface area contributed by atoms with E-state index in [4.69, 9.17) is 11.6 Å². The van der Waals surface area contributed by atoms with Crippen molar-refractivity contribution in [1.29, 1.82) is 0 Å². The summed E-state index contributed by atoms with van der Waals surface area (Å²) in [5.74, 6) is 0.185. The van der Waals surface area contributed by atoms with Crippen molar-refractivity contribution in [3.05, 3.63) is 131 Å². The van der Waals surface area contributed by atoms with Crippen LogP contribution in [0.2, 0.25) is 5.02 Å². The summed E-state index contributed by atoms with van der Waals surface area (Å²) in [5.41, 5.74) is 3.60. The van der Waals surface area contributed by atoms with E-state index in [0.29, 0.717) is 0 Å². The molecule has 1 aliphatic carbocycles. The Labute approximate surface area is 245 Å². The van der Waals surface area contributed by atoms with Gasteiger partial charge in [0.25, 0.3) is 0 Å². The maximum atomic E-state index is 6.25. The molecule has 0 aliphatic heterocycles. The van der Waals surface area contributed by atoms with Crippen molar-refractivity contribution in [2.75, 3.05) is 0 Å². The molecule has 0 nitrogen and oxygen atoms in total. The molecular formula is C30H19Cl3SZr. The topological polar surface area (TPSA) is 0 Å². The van der Waals surface area contributed by atoms with Crippen molar-refractivity contribution in [2.24, 2.45) is 0 Å². The Hall–Kier alpha value is -1.80. The minimum Gasteiger partial charge on any atom is -1.00 e. The van der Waals surface area contributed by atoms with Crippen LogP contribution in [0.3, 0.4) is 0 Å². The van der Waals surface area contributed by atoms with Gasteiger partial charge in [-0.1, -0.05) is 107 Å². The van der Waals surface area contributed by atoms with Gasteiger partial charge in [0.15, 0.2) is 0 Å². The van der Waals surface area contributed by atoms with Crippen molar-refractivity contribution < 1.29 is 51.0 Å². The van der Waals surface area contributed by atoms with Crippen molar-refractivity contribution >= 4 is 60.0 Å². The molecule has 1 atom stereocenters. The van der Waals surface area contributed by atoms with Crippen molar-refractivity contribution in [1.82, 2.24) is 0 Å². The maximum absolute atomic E-state index is 6.25. The zero-order chi connectivity index (χ0) is 21.5. The summed E-state index contributed by atoms with van der Waals surface area (Å²) in [6.07, 6.45) is 5.40. The van der Waals surface area contributed by atoms with Crippen molar-refractivity contribution in [3.63, 3.8) is 0 Å². The minimum absolute atomic E-state index is 0. The second-order valence-corrected chi connectivity index (χ2v) is 9.55. The van der Waals surface area contributed by atoms with E-state index < -0.39 is 0 Å². The summed E-state index contributed by atoms with van der Waals surface area (Å²) in [4.78, 5) is 0. The summed E-state index contributed by atoms with van der Waals surface area (Å²) in [5, 5.41) is 6.20. The van der Waals surface area contributed by atoms with Gasteiger partial charge in [0.1, 0.15) is 0 Å². The molecule has 0 saturated carbocycles. The molecule has 0 fully saturated rings. The molecule has 7 aromatic rings. The van der Waals surface area contributed by atoms with E-state index in [1.165, 1.54) is 47.6 Å². The number of hydrogen-bond acceptors (Lipinski definition) is 1. The Balaban J connectivity index is 0.000000180. The molecule has 8 rings (SSSR count). The third kappa shape index (κ3) is 5.48. The predicted molar refractivity (Wildman–Crippen MR) is 140 cm³/mol. The molecule has 1 unspecified atom stereocenters. The first-order valence-corrected chi connectivity index (χ1v) is 11.9. The van der Waals surface area contributed by atoms with E-state index in [0.717, 1.165) is 5.02 Å². The normalized spacial score (nSPS) is 13.3. The number of rotatable bonds is 1. The van der Waals surface area contributed by atoms with Gasteiger partial charge in [-0.3, -0.25) is 6.08 Å². The zero-order valence-electron chi connectivity index (χ0n) is 18.5. The van der Waals surface area contributed by atoms with E-state index in [9.17, 15) is 0 Å². The molecule has 5 aromatic carbocycles. The number of benzene rings is 4. The van der Waals surface area contributed by atoms with E-state index in [1.54, 1.807) is 0 Å². The third-order valence-electron chi connectivity index (χ3n) is 6.04. The summed E-state index contributed by atoms with van der Waals surface area (Å²) < 4.78 is 2.68. The van der Waals surface area contributed by atoms with Gasteiger partial charge in [-0.05, 0) is 10.8 Å².